The van der Waals surface area contributed by atoms with E-state index < -0.39 is 24.1 Å². The van der Waals surface area contributed by atoms with Gasteiger partial charge in [-0.25, -0.2) is 4.79 Å². The molecule has 23 heavy (non-hydrogen) atoms. The fourth-order valence-corrected chi connectivity index (χ4v) is 1.89. The Morgan fingerprint density at radius 2 is 1.70 bits per heavy atom. The lowest BCUT2D eigenvalue weighted by atomic mass is 10.1. The number of phenolic OH excluding ortho intramolecular Hbond substituents is 2. The first-order valence-corrected chi connectivity index (χ1v) is 6.81. The van der Waals surface area contributed by atoms with Crippen LogP contribution < -0.4 is 10.5 Å². The fraction of sp³-hybridized carbons (Fsp3) is 0.188. The van der Waals surface area contributed by atoms with Crippen LogP contribution in [-0.4, -0.2) is 38.7 Å². The summed E-state index contributed by atoms with van der Waals surface area (Å²) in [6.45, 7) is 0. The Kier molecular flexibility index (Phi) is 5.17. The van der Waals surface area contributed by atoms with Crippen LogP contribution in [0.5, 0.6) is 17.2 Å². The van der Waals surface area contributed by atoms with E-state index in [0.29, 0.717) is 0 Å². The van der Waals surface area contributed by atoms with E-state index in [4.69, 9.17) is 20.7 Å². The molecule has 2 aromatic carbocycles. The number of carbonyl (C=O) groups excluding carboxylic acids is 1. The molecule has 0 bridgehead atoms. The molecule has 0 saturated carbocycles. The molecule has 0 radical (unpaired) electrons. The first kappa shape index (κ1) is 16.8. The van der Waals surface area contributed by atoms with Crippen molar-refractivity contribution < 1.29 is 30.0 Å². The number of nitrogens with two attached hydrogens (primary N) is 1. The monoisotopic (exact) mass is 319 g/mol. The lowest BCUT2D eigenvalue weighted by molar-refractivity contribution is -0.0577. The standard InChI is InChI=1S/C16H17NO6/c17-12(15(20)21)7-9-1-4-11(5-2-9)23-16(22)10-3-6-13(18)14(19)8-10/h1-6,8,12,15,18-21H,7,17H2/t12-/m0/s1. The Labute approximate surface area is 132 Å². The van der Waals surface area contributed by atoms with Gasteiger partial charge in [0.05, 0.1) is 11.6 Å². The maximum absolute atomic E-state index is 11.9. The summed E-state index contributed by atoms with van der Waals surface area (Å²) in [5.41, 5.74) is 6.39. The Morgan fingerprint density at radius 3 is 2.26 bits per heavy atom. The summed E-state index contributed by atoms with van der Waals surface area (Å²) >= 11 is 0. The highest BCUT2D eigenvalue weighted by atomic mass is 16.5. The van der Waals surface area contributed by atoms with Crippen molar-refractivity contribution in [3.05, 3.63) is 53.6 Å². The summed E-state index contributed by atoms with van der Waals surface area (Å²) in [5, 5.41) is 36.5. The molecule has 2 rings (SSSR count). The second-order valence-corrected chi connectivity index (χ2v) is 5.02. The van der Waals surface area contributed by atoms with Crippen molar-refractivity contribution in [2.45, 2.75) is 18.8 Å². The zero-order valence-electron chi connectivity index (χ0n) is 12.1. The van der Waals surface area contributed by atoms with Gasteiger partial charge >= 0.3 is 5.97 Å². The molecule has 0 amide bonds. The number of phenols is 2. The van der Waals surface area contributed by atoms with Gasteiger partial charge in [0.15, 0.2) is 17.8 Å². The largest absolute Gasteiger partial charge is 0.504 e. The van der Waals surface area contributed by atoms with E-state index in [-0.39, 0.29) is 23.5 Å². The average Bonchev–Trinajstić information content (AvgIpc) is 2.51. The third-order valence-electron chi connectivity index (χ3n) is 3.20. The van der Waals surface area contributed by atoms with Gasteiger partial charge in [0.2, 0.25) is 0 Å². The van der Waals surface area contributed by atoms with Gasteiger partial charge in [-0.3, -0.25) is 0 Å². The molecule has 0 saturated heterocycles. The minimum atomic E-state index is -1.60. The van der Waals surface area contributed by atoms with Gasteiger partial charge in [-0.2, -0.15) is 0 Å². The first-order chi connectivity index (χ1) is 10.9. The van der Waals surface area contributed by atoms with E-state index in [1.165, 1.54) is 12.1 Å². The molecular weight excluding hydrogens is 302 g/mol. The lowest BCUT2D eigenvalue weighted by Gasteiger charge is -2.13. The fourth-order valence-electron chi connectivity index (χ4n) is 1.89. The van der Waals surface area contributed by atoms with E-state index in [1.807, 2.05) is 0 Å². The van der Waals surface area contributed by atoms with E-state index in [9.17, 15) is 15.0 Å². The topological polar surface area (TPSA) is 133 Å². The summed E-state index contributed by atoms with van der Waals surface area (Å²) in [7, 11) is 0. The van der Waals surface area contributed by atoms with Crippen molar-refractivity contribution in [1.29, 1.82) is 0 Å². The van der Waals surface area contributed by atoms with Crippen molar-refractivity contribution in [2.75, 3.05) is 0 Å². The number of rotatable bonds is 5. The highest BCUT2D eigenvalue weighted by Gasteiger charge is 2.13. The van der Waals surface area contributed by atoms with Crippen LogP contribution in [0.4, 0.5) is 0 Å². The van der Waals surface area contributed by atoms with Gasteiger partial charge in [0.1, 0.15) is 5.75 Å². The summed E-state index contributed by atoms with van der Waals surface area (Å²) < 4.78 is 5.14. The minimum absolute atomic E-state index is 0.0924. The molecule has 7 nitrogen and oxygen atoms in total. The summed E-state index contributed by atoms with van der Waals surface area (Å²) in [6, 6.07) is 9.22. The number of ether oxygens (including phenoxy) is 1. The van der Waals surface area contributed by atoms with Crippen molar-refractivity contribution in [2.24, 2.45) is 5.73 Å². The highest BCUT2D eigenvalue weighted by Crippen LogP contribution is 2.25. The molecule has 0 aliphatic rings. The van der Waals surface area contributed by atoms with Crippen LogP contribution in [0.25, 0.3) is 0 Å². The molecule has 0 heterocycles. The molecule has 7 heteroatoms. The van der Waals surface area contributed by atoms with Crippen LogP contribution in [0.15, 0.2) is 42.5 Å². The number of hydrogen-bond donors (Lipinski definition) is 5. The molecule has 1 atom stereocenters. The van der Waals surface area contributed by atoms with Crippen LogP contribution in [-0.2, 0) is 6.42 Å². The van der Waals surface area contributed by atoms with Crippen LogP contribution in [0.2, 0.25) is 0 Å². The molecule has 2 aromatic rings. The maximum atomic E-state index is 11.9. The van der Waals surface area contributed by atoms with Crippen LogP contribution in [0.3, 0.4) is 0 Å². The number of aromatic hydroxyl groups is 2. The Balaban J connectivity index is 2.02. The summed E-state index contributed by atoms with van der Waals surface area (Å²) in [6.07, 6.45) is -1.34. The number of hydrogen-bond acceptors (Lipinski definition) is 7. The molecular formula is C16H17NO6. The molecule has 0 spiro atoms. The highest BCUT2D eigenvalue weighted by molar-refractivity contribution is 5.91. The van der Waals surface area contributed by atoms with Crippen LogP contribution >= 0.6 is 0 Å². The zero-order valence-corrected chi connectivity index (χ0v) is 12.1. The van der Waals surface area contributed by atoms with Crippen molar-refractivity contribution >= 4 is 5.97 Å². The van der Waals surface area contributed by atoms with E-state index >= 15 is 0 Å². The zero-order chi connectivity index (χ0) is 17.0. The first-order valence-electron chi connectivity index (χ1n) is 6.81. The van der Waals surface area contributed by atoms with E-state index in [0.717, 1.165) is 11.6 Å². The quantitative estimate of drug-likeness (QED) is 0.234. The SMILES string of the molecule is N[C@@H](Cc1ccc(OC(=O)c2ccc(O)c(O)c2)cc1)C(O)O. The number of aliphatic hydroxyl groups excluding tert-OH is 1. The van der Waals surface area contributed by atoms with Gasteiger partial charge in [-0.1, -0.05) is 12.1 Å². The number of carbonyl (C=O) groups is 1. The number of esters is 1. The maximum Gasteiger partial charge on any atom is 0.343 e. The normalized spacial score (nSPS) is 12.2. The van der Waals surface area contributed by atoms with Gasteiger partial charge < -0.3 is 30.9 Å². The van der Waals surface area contributed by atoms with E-state index in [2.05, 4.69) is 0 Å². The minimum Gasteiger partial charge on any atom is -0.504 e. The second kappa shape index (κ2) is 7.10. The predicted molar refractivity (Wildman–Crippen MR) is 81.1 cm³/mol. The third kappa shape index (κ3) is 4.43. The van der Waals surface area contributed by atoms with Crippen molar-refractivity contribution in [1.82, 2.24) is 0 Å². The number of benzene rings is 2. The van der Waals surface area contributed by atoms with Crippen LogP contribution in [0, 0.1) is 0 Å². The Morgan fingerprint density at radius 1 is 1.04 bits per heavy atom. The Hall–Kier alpha value is -2.61. The molecule has 122 valence electrons. The summed E-state index contributed by atoms with van der Waals surface area (Å²) in [5.74, 6) is -1.14. The second-order valence-electron chi connectivity index (χ2n) is 5.02. The van der Waals surface area contributed by atoms with Gasteiger partial charge in [-0.05, 0) is 42.3 Å². The van der Waals surface area contributed by atoms with Crippen molar-refractivity contribution in [3.8, 4) is 17.2 Å². The molecule has 0 aliphatic heterocycles. The van der Waals surface area contributed by atoms with Gasteiger partial charge in [0, 0.05) is 0 Å². The average molecular weight is 319 g/mol. The molecule has 6 N–H and O–H groups in total. The van der Waals surface area contributed by atoms with Crippen LogP contribution in [0.1, 0.15) is 15.9 Å². The van der Waals surface area contributed by atoms with Gasteiger partial charge in [-0.15, -0.1) is 0 Å². The lowest BCUT2D eigenvalue weighted by Crippen LogP contribution is -2.36. The predicted octanol–water partition coefficient (Wildman–Crippen LogP) is 0.497. The number of aliphatic hydroxyl groups is 2. The molecule has 0 fully saturated rings. The summed E-state index contributed by atoms with van der Waals surface area (Å²) in [4.78, 5) is 11.9. The molecule has 0 aromatic heterocycles. The molecule has 0 unspecified atom stereocenters. The van der Waals surface area contributed by atoms with Crippen molar-refractivity contribution in [3.63, 3.8) is 0 Å². The van der Waals surface area contributed by atoms with Gasteiger partial charge in [0.25, 0.3) is 0 Å². The van der Waals surface area contributed by atoms with E-state index in [1.54, 1.807) is 24.3 Å². The Bertz CT molecular complexity index is 683. The molecule has 0 aliphatic carbocycles. The third-order valence-corrected chi connectivity index (χ3v) is 3.20. The smallest absolute Gasteiger partial charge is 0.343 e.